The zero-order valence-electron chi connectivity index (χ0n) is 13.6. The van der Waals surface area contributed by atoms with Gasteiger partial charge in [0.15, 0.2) is 0 Å². The number of aromatic nitrogens is 2. The number of hydrogen-bond donors (Lipinski definition) is 0. The van der Waals surface area contributed by atoms with Crippen LogP contribution in [0.2, 0.25) is 0 Å². The monoisotopic (exact) mass is 374 g/mol. The molecule has 0 aliphatic heterocycles. The predicted octanol–water partition coefficient (Wildman–Crippen LogP) is 3.79. The Morgan fingerprint density at radius 1 is 0.957 bits per heavy atom. The maximum absolute atomic E-state index is 12.7. The molecule has 0 spiro atoms. The first-order valence-corrected chi connectivity index (χ1v) is 8.28. The molecule has 0 fully saturated rings. The zero-order chi connectivity index (χ0) is 17.1. The molecule has 0 unspecified atom stereocenters. The third-order valence-corrected chi connectivity index (χ3v) is 4.52. The fourth-order valence-electron chi connectivity index (χ4n) is 2.46. The Morgan fingerprint density at radius 3 is 2.30 bits per heavy atom. The predicted molar refractivity (Wildman–Crippen MR) is 98.6 cm³/mol. The van der Waals surface area contributed by atoms with Crippen molar-refractivity contribution < 1.29 is 0 Å². The van der Waals surface area contributed by atoms with Gasteiger partial charge in [-0.3, -0.25) is 9.36 Å². The van der Waals surface area contributed by atoms with Crippen molar-refractivity contribution in [1.82, 2.24) is 9.13 Å². The molecular weight excluding hydrogens is 356 g/mol. The minimum absolute atomic E-state index is 0.296. The molecule has 0 amide bonds. The van der Waals surface area contributed by atoms with E-state index in [1.807, 2.05) is 39.0 Å². The highest BCUT2D eigenvalue weighted by Crippen LogP contribution is 2.21. The third kappa shape index (κ3) is 2.88. The molecule has 0 saturated heterocycles. The van der Waals surface area contributed by atoms with Crippen molar-refractivity contribution in [2.24, 2.45) is 7.05 Å². The summed E-state index contributed by atoms with van der Waals surface area (Å²) in [7, 11) is 1.67. The molecule has 0 atom stereocenters. The van der Waals surface area contributed by atoms with Gasteiger partial charge in [0, 0.05) is 11.5 Å². The molecule has 0 saturated carbocycles. The van der Waals surface area contributed by atoms with Crippen LogP contribution in [0.25, 0.3) is 16.6 Å². The molecule has 23 heavy (non-hydrogen) atoms. The van der Waals surface area contributed by atoms with Gasteiger partial charge in [-0.05, 0) is 36.8 Å². The first kappa shape index (κ1) is 17.2. The minimum Gasteiger partial charge on any atom is -0.296 e. The van der Waals surface area contributed by atoms with Crippen LogP contribution in [0.4, 0.5) is 0 Å². The van der Waals surface area contributed by atoms with Gasteiger partial charge >= 0.3 is 5.69 Å². The lowest BCUT2D eigenvalue weighted by Crippen LogP contribution is -2.38. The van der Waals surface area contributed by atoms with Crippen molar-refractivity contribution in [2.45, 2.75) is 20.8 Å². The molecule has 1 aromatic heterocycles. The van der Waals surface area contributed by atoms with Gasteiger partial charge in [0.1, 0.15) is 0 Å². The van der Waals surface area contributed by atoms with Crippen LogP contribution in [-0.4, -0.2) is 9.13 Å². The molecule has 5 heteroatoms. The fraction of sp³-hybridized carbons (Fsp3) is 0.222. The Kier molecular flexibility index (Phi) is 5.21. The number of para-hydroxylation sites is 1. The van der Waals surface area contributed by atoms with Crippen LogP contribution in [-0.2, 0) is 7.05 Å². The fourth-order valence-corrected chi connectivity index (χ4v) is 2.81. The van der Waals surface area contributed by atoms with Crippen molar-refractivity contribution in [2.75, 3.05) is 0 Å². The number of hydrogen-bond acceptors (Lipinski definition) is 2. The second-order valence-electron chi connectivity index (χ2n) is 4.88. The quantitative estimate of drug-likeness (QED) is 0.650. The largest absolute Gasteiger partial charge is 0.335 e. The third-order valence-electron chi connectivity index (χ3n) is 3.66. The number of nitrogens with zero attached hydrogens (tertiary/aromatic N) is 2. The van der Waals surface area contributed by atoms with E-state index in [0.29, 0.717) is 16.6 Å². The molecule has 0 bridgehead atoms. The molecule has 0 aliphatic rings. The lowest BCUT2D eigenvalue weighted by atomic mass is 10.2. The van der Waals surface area contributed by atoms with Crippen molar-refractivity contribution in [3.63, 3.8) is 0 Å². The summed E-state index contributed by atoms with van der Waals surface area (Å²) in [5.41, 5.74) is 1.44. The van der Waals surface area contributed by atoms with Crippen LogP contribution in [0.5, 0.6) is 0 Å². The van der Waals surface area contributed by atoms with Gasteiger partial charge in [-0.25, -0.2) is 9.36 Å². The Labute approximate surface area is 143 Å². The molecule has 120 valence electrons. The van der Waals surface area contributed by atoms with E-state index < -0.39 is 0 Å². The van der Waals surface area contributed by atoms with Gasteiger partial charge in [0.25, 0.3) is 5.56 Å². The van der Waals surface area contributed by atoms with Gasteiger partial charge in [-0.15, -0.1) is 0 Å². The molecule has 4 nitrogen and oxygen atoms in total. The van der Waals surface area contributed by atoms with Crippen molar-refractivity contribution in [3.8, 4) is 5.69 Å². The van der Waals surface area contributed by atoms with Gasteiger partial charge in [-0.1, -0.05) is 48.0 Å². The summed E-state index contributed by atoms with van der Waals surface area (Å²) in [5.74, 6) is 0. The number of halogens is 1. The van der Waals surface area contributed by atoms with Crippen LogP contribution in [0.3, 0.4) is 0 Å². The topological polar surface area (TPSA) is 44.0 Å². The first-order chi connectivity index (χ1) is 11.0. The van der Waals surface area contributed by atoms with Crippen LogP contribution in [0.15, 0.2) is 56.5 Å². The van der Waals surface area contributed by atoms with Crippen LogP contribution >= 0.6 is 15.9 Å². The molecule has 3 aromatic rings. The maximum Gasteiger partial charge on any atom is 0.335 e. The number of rotatable bonds is 1. The average molecular weight is 375 g/mol. The van der Waals surface area contributed by atoms with Crippen LogP contribution < -0.4 is 11.2 Å². The molecule has 2 aromatic carbocycles. The Hall–Kier alpha value is -2.14. The summed E-state index contributed by atoms with van der Waals surface area (Å²) in [4.78, 5) is 25.3. The molecular formula is C18H19BrN2O2. The molecule has 1 heterocycles. The highest BCUT2D eigenvalue weighted by molar-refractivity contribution is 9.10. The minimum atomic E-state index is -0.347. The molecule has 0 radical (unpaired) electrons. The van der Waals surface area contributed by atoms with E-state index in [1.165, 1.54) is 9.13 Å². The highest BCUT2D eigenvalue weighted by atomic mass is 79.9. The number of aryl methyl sites for hydroxylation is 1. The lowest BCUT2D eigenvalue weighted by molar-refractivity contribution is 0.771. The normalized spacial score (nSPS) is 10.3. The van der Waals surface area contributed by atoms with Crippen molar-refractivity contribution >= 4 is 26.8 Å². The Bertz CT molecular complexity index is 971. The summed E-state index contributed by atoms with van der Waals surface area (Å²) in [6.45, 7) is 5.88. The van der Waals surface area contributed by atoms with E-state index in [2.05, 4.69) is 15.9 Å². The van der Waals surface area contributed by atoms with Crippen LogP contribution in [0, 0.1) is 6.92 Å². The van der Waals surface area contributed by atoms with Gasteiger partial charge in [-0.2, -0.15) is 0 Å². The zero-order valence-corrected chi connectivity index (χ0v) is 15.2. The SMILES string of the molecule is CC.Cc1c(Br)cccc1-n1c(=O)c2ccccc2n(C)c1=O. The summed E-state index contributed by atoms with van der Waals surface area (Å²) in [5, 5.41) is 0.527. The molecule has 0 N–H and O–H groups in total. The Morgan fingerprint density at radius 2 is 1.61 bits per heavy atom. The van der Waals surface area contributed by atoms with E-state index >= 15 is 0 Å². The van der Waals surface area contributed by atoms with Crippen molar-refractivity contribution in [1.29, 1.82) is 0 Å². The van der Waals surface area contributed by atoms with E-state index in [1.54, 1.807) is 31.3 Å². The van der Waals surface area contributed by atoms with Gasteiger partial charge < -0.3 is 0 Å². The standard InChI is InChI=1S/C16H13BrN2O2.C2H6/c1-10-12(17)7-5-9-13(10)19-15(20)11-6-3-4-8-14(11)18(2)16(19)21;1-2/h3-9H,1-2H3;1-2H3. The molecule has 0 aliphatic carbocycles. The maximum atomic E-state index is 12.7. The summed E-state index contributed by atoms with van der Waals surface area (Å²) in [6.07, 6.45) is 0. The summed E-state index contributed by atoms with van der Waals surface area (Å²) < 4.78 is 3.58. The van der Waals surface area contributed by atoms with E-state index in [4.69, 9.17) is 0 Å². The van der Waals surface area contributed by atoms with Gasteiger partial charge in [0.2, 0.25) is 0 Å². The smallest absolute Gasteiger partial charge is 0.296 e. The van der Waals surface area contributed by atoms with Crippen molar-refractivity contribution in [3.05, 3.63) is 73.3 Å². The first-order valence-electron chi connectivity index (χ1n) is 7.48. The van der Waals surface area contributed by atoms with Gasteiger partial charge in [0.05, 0.1) is 16.6 Å². The Balaban J connectivity index is 0.000000924. The average Bonchev–Trinajstić information content (AvgIpc) is 2.58. The van der Waals surface area contributed by atoms with E-state index in [-0.39, 0.29) is 11.2 Å². The van der Waals surface area contributed by atoms with E-state index in [9.17, 15) is 9.59 Å². The summed E-state index contributed by atoms with van der Waals surface area (Å²) >= 11 is 3.44. The van der Waals surface area contributed by atoms with E-state index in [0.717, 1.165) is 10.0 Å². The second kappa shape index (κ2) is 6.96. The molecule has 3 rings (SSSR count). The number of benzene rings is 2. The summed E-state index contributed by atoms with van der Waals surface area (Å²) in [6, 6.07) is 12.6. The van der Waals surface area contributed by atoms with Crippen LogP contribution in [0.1, 0.15) is 19.4 Å². The number of fused-ring (bicyclic) bond motifs is 1. The second-order valence-corrected chi connectivity index (χ2v) is 5.74. The lowest BCUT2D eigenvalue weighted by Gasteiger charge is -2.13. The highest BCUT2D eigenvalue weighted by Gasteiger charge is 2.14.